The van der Waals surface area contributed by atoms with Gasteiger partial charge in [0, 0.05) is 18.8 Å². The van der Waals surface area contributed by atoms with Gasteiger partial charge in [0.2, 0.25) is 0 Å². The Hall–Kier alpha value is -1.36. The molecule has 1 N–H and O–H groups in total. The number of imidazole rings is 1. The third kappa shape index (κ3) is 2.46. The molecule has 0 amide bonds. The van der Waals surface area contributed by atoms with E-state index in [1.807, 2.05) is 12.5 Å². The van der Waals surface area contributed by atoms with Crippen LogP contribution >= 0.6 is 0 Å². The van der Waals surface area contributed by atoms with Gasteiger partial charge in [-0.15, -0.1) is 0 Å². The van der Waals surface area contributed by atoms with Gasteiger partial charge in [-0.05, 0) is 37.6 Å². The van der Waals surface area contributed by atoms with Gasteiger partial charge < -0.3 is 9.67 Å². The minimum absolute atomic E-state index is 0.172. The summed E-state index contributed by atoms with van der Waals surface area (Å²) in [5, 5.41) is 9.60. The summed E-state index contributed by atoms with van der Waals surface area (Å²) >= 11 is 0. The number of carbonyl (C=O) groups is 1. The monoisotopic (exact) mass is 277 g/mol. The second-order valence-corrected chi connectivity index (χ2v) is 6.83. The van der Waals surface area contributed by atoms with E-state index in [1.165, 1.54) is 12.8 Å². The predicted molar refractivity (Wildman–Crippen MR) is 75.3 cm³/mol. The van der Waals surface area contributed by atoms with Crippen LogP contribution in [0.2, 0.25) is 0 Å². The Balaban J connectivity index is 1.80. The van der Waals surface area contributed by atoms with Crippen LogP contribution in [0.1, 0.15) is 51.3 Å². The molecule has 1 unspecified atom stereocenters. The lowest BCUT2D eigenvalue weighted by atomic mass is 9.76. The van der Waals surface area contributed by atoms with Crippen molar-refractivity contribution in [1.29, 1.82) is 0 Å². The van der Waals surface area contributed by atoms with Crippen molar-refractivity contribution in [3.05, 3.63) is 18.2 Å². The number of carboxylic acid groups (broad SMARTS) is 1. The number of aliphatic carboxylic acids is 1. The first-order valence-corrected chi connectivity index (χ1v) is 7.46. The maximum Gasteiger partial charge on any atom is 0.321 e. The molecule has 0 radical (unpaired) electrons. The zero-order valence-electron chi connectivity index (χ0n) is 12.2. The smallest absolute Gasteiger partial charge is 0.321 e. The minimum atomic E-state index is -0.702. The average molecular weight is 277 g/mol. The molecule has 110 valence electrons. The van der Waals surface area contributed by atoms with Crippen LogP contribution in [0.15, 0.2) is 12.5 Å². The summed E-state index contributed by atoms with van der Waals surface area (Å²) < 4.78 is 2.22. The normalized spacial score (nSPS) is 26.6. The van der Waals surface area contributed by atoms with Crippen molar-refractivity contribution in [3.8, 4) is 0 Å². The van der Waals surface area contributed by atoms with Gasteiger partial charge in [0.25, 0.3) is 0 Å². The van der Waals surface area contributed by atoms with Crippen molar-refractivity contribution < 1.29 is 9.90 Å². The summed E-state index contributed by atoms with van der Waals surface area (Å²) in [6.45, 7) is 5.68. The van der Waals surface area contributed by atoms with Crippen LogP contribution in [-0.2, 0) is 11.3 Å². The Morgan fingerprint density at radius 1 is 1.50 bits per heavy atom. The summed E-state index contributed by atoms with van der Waals surface area (Å²) in [6.07, 6.45) is 8.25. The van der Waals surface area contributed by atoms with Crippen LogP contribution in [0.5, 0.6) is 0 Å². The molecule has 2 heterocycles. The lowest BCUT2D eigenvalue weighted by Crippen LogP contribution is -2.53. The summed E-state index contributed by atoms with van der Waals surface area (Å²) in [4.78, 5) is 18.0. The van der Waals surface area contributed by atoms with Gasteiger partial charge >= 0.3 is 5.97 Å². The molecule has 1 aromatic heterocycles. The molecule has 5 heteroatoms. The molecule has 1 aliphatic heterocycles. The van der Waals surface area contributed by atoms with E-state index in [-0.39, 0.29) is 5.41 Å². The largest absolute Gasteiger partial charge is 0.480 e. The van der Waals surface area contributed by atoms with Crippen LogP contribution in [0, 0.1) is 5.41 Å². The Morgan fingerprint density at radius 3 is 2.90 bits per heavy atom. The maximum atomic E-state index is 11.7. The number of likely N-dealkylation sites (tertiary alicyclic amines) is 1. The number of rotatable bonds is 4. The van der Waals surface area contributed by atoms with E-state index in [0.717, 1.165) is 25.1 Å². The molecule has 0 aromatic carbocycles. The number of hydrogen-bond acceptors (Lipinski definition) is 3. The summed E-state index contributed by atoms with van der Waals surface area (Å²) in [5.74, 6) is -0.702. The number of aromatic nitrogens is 2. The lowest BCUT2D eigenvalue weighted by molar-refractivity contribution is -0.151. The van der Waals surface area contributed by atoms with Gasteiger partial charge in [-0.2, -0.15) is 0 Å². The average Bonchev–Trinajstić information content (AvgIpc) is 3.09. The van der Waals surface area contributed by atoms with Crippen LogP contribution in [0.4, 0.5) is 0 Å². The molecule has 20 heavy (non-hydrogen) atoms. The highest BCUT2D eigenvalue weighted by Crippen LogP contribution is 2.38. The van der Waals surface area contributed by atoms with Crippen LogP contribution < -0.4 is 0 Å². The summed E-state index contributed by atoms with van der Waals surface area (Å²) in [7, 11) is 0. The van der Waals surface area contributed by atoms with Gasteiger partial charge in [0.1, 0.15) is 6.04 Å². The topological polar surface area (TPSA) is 58.4 Å². The zero-order chi connectivity index (χ0) is 14.3. The van der Waals surface area contributed by atoms with Crippen molar-refractivity contribution in [1.82, 2.24) is 14.5 Å². The molecular formula is C15H23N3O2. The highest BCUT2D eigenvalue weighted by atomic mass is 16.4. The first-order valence-electron chi connectivity index (χ1n) is 7.46. The number of piperidine rings is 1. The number of nitrogens with zero attached hydrogens (tertiary/aromatic N) is 3. The maximum absolute atomic E-state index is 11.7. The third-order valence-electron chi connectivity index (χ3n) is 4.66. The van der Waals surface area contributed by atoms with Gasteiger partial charge in [0.15, 0.2) is 0 Å². The second-order valence-electron chi connectivity index (χ2n) is 6.83. The minimum Gasteiger partial charge on any atom is -0.480 e. The predicted octanol–water partition coefficient (Wildman–Crippen LogP) is 2.29. The highest BCUT2D eigenvalue weighted by Gasteiger charge is 2.42. The fraction of sp³-hybridized carbons (Fsp3) is 0.733. The molecule has 5 nitrogen and oxygen atoms in total. The molecule has 0 spiro atoms. The van der Waals surface area contributed by atoms with Crippen molar-refractivity contribution in [2.45, 2.75) is 58.2 Å². The van der Waals surface area contributed by atoms with E-state index in [2.05, 4.69) is 28.3 Å². The quantitative estimate of drug-likeness (QED) is 0.917. The molecule has 1 saturated carbocycles. The molecule has 1 aliphatic carbocycles. The van der Waals surface area contributed by atoms with Crippen molar-refractivity contribution in [2.75, 3.05) is 6.54 Å². The molecular weight excluding hydrogens is 254 g/mol. The Kier molecular flexibility index (Phi) is 3.32. The van der Waals surface area contributed by atoms with Gasteiger partial charge in [-0.25, -0.2) is 4.98 Å². The molecule has 1 aromatic rings. The third-order valence-corrected chi connectivity index (χ3v) is 4.66. The summed E-state index contributed by atoms with van der Waals surface area (Å²) in [6, 6.07) is 0.187. The van der Waals surface area contributed by atoms with E-state index >= 15 is 0 Å². The van der Waals surface area contributed by atoms with Crippen LogP contribution in [0.3, 0.4) is 0 Å². The van der Waals surface area contributed by atoms with Crippen molar-refractivity contribution in [2.24, 2.45) is 5.41 Å². The summed E-state index contributed by atoms with van der Waals surface area (Å²) in [5.41, 5.74) is 0.977. The second kappa shape index (κ2) is 4.88. The van der Waals surface area contributed by atoms with E-state index in [4.69, 9.17) is 0 Å². The first-order chi connectivity index (χ1) is 9.49. The Bertz CT molecular complexity index is 505. The Labute approximate surface area is 119 Å². The van der Waals surface area contributed by atoms with Gasteiger partial charge in [-0.1, -0.05) is 13.8 Å². The van der Waals surface area contributed by atoms with Crippen LogP contribution in [0.25, 0.3) is 0 Å². The van der Waals surface area contributed by atoms with Crippen molar-refractivity contribution >= 4 is 5.97 Å². The van der Waals surface area contributed by atoms with E-state index in [0.29, 0.717) is 12.6 Å². The SMILES string of the molecule is CC1(C)CCCN(Cc2cncn2C2CC2)C1C(=O)O. The van der Waals surface area contributed by atoms with Gasteiger partial charge in [-0.3, -0.25) is 9.69 Å². The van der Waals surface area contributed by atoms with Gasteiger partial charge in [0.05, 0.1) is 12.0 Å². The fourth-order valence-corrected chi connectivity index (χ4v) is 3.50. The molecule has 1 atom stereocenters. The van der Waals surface area contributed by atoms with E-state index < -0.39 is 12.0 Å². The first kappa shape index (κ1) is 13.6. The molecule has 1 saturated heterocycles. The fourth-order valence-electron chi connectivity index (χ4n) is 3.50. The number of hydrogen-bond donors (Lipinski definition) is 1. The van der Waals surface area contributed by atoms with Crippen molar-refractivity contribution in [3.63, 3.8) is 0 Å². The molecule has 2 fully saturated rings. The Morgan fingerprint density at radius 2 is 2.25 bits per heavy atom. The molecule has 3 rings (SSSR count). The highest BCUT2D eigenvalue weighted by molar-refractivity contribution is 5.74. The van der Waals surface area contributed by atoms with E-state index in [9.17, 15) is 9.90 Å². The standard InChI is InChI=1S/C15H23N3O2/c1-15(2)6-3-7-17(13(15)14(19)20)9-12-8-16-10-18(12)11-4-5-11/h8,10-11,13H,3-7,9H2,1-2H3,(H,19,20). The zero-order valence-corrected chi connectivity index (χ0v) is 12.2. The van der Waals surface area contributed by atoms with E-state index in [1.54, 1.807) is 0 Å². The molecule has 2 aliphatic rings. The van der Waals surface area contributed by atoms with Crippen LogP contribution in [-0.4, -0.2) is 38.1 Å². The molecule has 0 bridgehead atoms. The lowest BCUT2D eigenvalue weighted by Gasteiger charge is -2.44. The number of carboxylic acids is 1.